The molecule has 0 atom stereocenters. The van der Waals surface area contributed by atoms with E-state index in [9.17, 15) is 4.79 Å². The highest BCUT2D eigenvalue weighted by atomic mass is 16.5. The minimum absolute atomic E-state index is 0.112. The van der Waals surface area contributed by atoms with Crippen LogP contribution >= 0.6 is 0 Å². The van der Waals surface area contributed by atoms with E-state index in [1.165, 1.54) is 0 Å². The first-order valence-corrected chi connectivity index (χ1v) is 12.1. The van der Waals surface area contributed by atoms with E-state index in [2.05, 4.69) is 16.3 Å². The quantitative estimate of drug-likeness (QED) is 0.451. The van der Waals surface area contributed by atoms with Crippen LogP contribution in [0.5, 0.6) is 11.5 Å². The minimum atomic E-state index is -0.112. The highest BCUT2D eigenvalue weighted by molar-refractivity contribution is 6.01. The van der Waals surface area contributed by atoms with Crippen LogP contribution in [0.1, 0.15) is 25.0 Å². The van der Waals surface area contributed by atoms with Crippen LogP contribution in [0.25, 0.3) is 27.7 Å². The van der Waals surface area contributed by atoms with E-state index in [1.54, 1.807) is 19.4 Å². The van der Waals surface area contributed by atoms with Gasteiger partial charge in [-0.05, 0) is 50.1 Å². The van der Waals surface area contributed by atoms with E-state index in [-0.39, 0.29) is 5.91 Å². The van der Waals surface area contributed by atoms with Gasteiger partial charge in [-0.2, -0.15) is 0 Å². The fourth-order valence-electron chi connectivity index (χ4n) is 4.42. The van der Waals surface area contributed by atoms with Crippen molar-refractivity contribution in [2.24, 2.45) is 0 Å². The van der Waals surface area contributed by atoms with Gasteiger partial charge < -0.3 is 23.9 Å². The summed E-state index contributed by atoms with van der Waals surface area (Å²) in [5.41, 5.74) is 5.44. The molecule has 1 amide bonds. The van der Waals surface area contributed by atoms with Crippen molar-refractivity contribution in [2.75, 3.05) is 53.1 Å². The molecular formula is C28H34N2O5. The predicted octanol–water partition coefficient (Wildman–Crippen LogP) is 4.67. The summed E-state index contributed by atoms with van der Waals surface area (Å²) in [6.07, 6.45) is 3.42. The van der Waals surface area contributed by atoms with Gasteiger partial charge in [0, 0.05) is 54.3 Å². The third-order valence-electron chi connectivity index (χ3n) is 6.34. The standard InChI is InChI=1S/C28H34N2O5/c1-5-34-27-20(3)28-24(25(18-35-28)21-6-8-22(32-4)9-7-21)17-23(27)19(2)16-26(31)29-10-11-30-12-14-33-15-13-30/h6-9,16-18H,5,10-15H2,1-4H3,(H,29,31)/b19-16+. The zero-order valence-corrected chi connectivity index (χ0v) is 21.0. The summed E-state index contributed by atoms with van der Waals surface area (Å²) in [5, 5.41) is 3.99. The molecule has 0 saturated carbocycles. The van der Waals surface area contributed by atoms with Gasteiger partial charge in [0.05, 0.1) is 33.2 Å². The number of ether oxygens (including phenoxy) is 3. The predicted molar refractivity (Wildman–Crippen MR) is 138 cm³/mol. The second-order valence-electron chi connectivity index (χ2n) is 8.64. The molecule has 35 heavy (non-hydrogen) atoms. The van der Waals surface area contributed by atoms with Gasteiger partial charge in [-0.25, -0.2) is 0 Å². The number of hydrogen-bond donors (Lipinski definition) is 1. The summed E-state index contributed by atoms with van der Waals surface area (Å²) >= 11 is 0. The van der Waals surface area contributed by atoms with E-state index < -0.39 is 0 Å². The number of carbonyl (C=O) groups is 1. The number of hydrogen-bond acceptors (Lipinski definition) is 6. The van der Waals surface area contributed by atoms with Gasteiger partial charge in [0.25, 0.3) is 0 Å². The number of nitrogens with zero attached hydrogens (tertiary/aromatic N) is 1. The van der Waals surface area contributed by atoms with Gasteiger partial charge in [0.15, 0.2) is 0 Å². The smallest absolute Gasteiger partial charge is 0.244 e. The van der Waals surface area contributed by atoms with Crippen molar-refractivity contribution < 1.29 is 23.4 Å². The lowest BCUT2D eigenvalue weighted by atomic mass is 9.96. The Hall–Kier alpha value is -3.29. The molecule has 1 aliphatic rings. The van der Waals surface area contributed by atoms with Crippen LogP contribution in [0.4, 0.5) is 0 Å². The lowest BCUT2D eigenvalue weighted by Gasteiger charge is -2.26. The second kappa shape index (κ2) is 11.4. The number of amides is 1. The highest BCUT2D eigenvalue weighted by Gasteiger charge is 2.19. The summed E-state index contributed by atoms with van der Waals surface area (Å²) in [7, 11) is 1.65. The number of aryl methyl sites for hydroxylation is 1. The Bertz CT molecular complexity index is 1190. The Morgan fingerprint density at radius 2 is 1.94 bits per heavy atom. The molecule has 7 heteroatoms. The van der Waals surface area contributed by atoms with E-state index in [0.29, 0.717) is 13.2 Å². The number of fused-ring (bicyclic) bond motifs is 1. The lowest BCUT2D eigenvalue weighted by molar-refractivity contribution is -0.116. The maximum absolute atomic E-state index is 12.7. The molecule has 1 saturated heterocycles. The third kappa shape index (κ3) is 5.69. The summed E-state index contributed by atoms with van der Waals surface area (Å²) in [6.45, 7) is 11.1. The fraction of sp³-hybridized carbons (Fsp3) is 0.393. The Labute approximate surface area is 206 Å². The number of furan rings is 1. The average Bonchev–Trinajstić information content (AvgIpc) is 3.30. The van der Waals surface area contributed by atoms with Gasteiger partial charge in [-0.3, -0.25) is 9.69 Å². The van der Waals surface area contributed by atoms with Crippen molar-refractivity contribution in [3.63, 3.8) is 0 Å². The Balaban J connectivity index is 1.61. The topological polar surface area (TPSA) is 73.2 Å². The Morgan fingerprint density at radius 3 is 2.63 bits per heavy atom. The maximum Gasteiger partial charge on any atom is 0.244 e. The van der Waals surface area contributed by atoms with Crippen molar-refractivity contribution in [3.8, 4) is 22.6 Å². The van der Waals surface area contributed by atoms with Crippen molar-refractivity contribution in [1.29, 1.82) is 0 Å². The highest BCUT2D eigenvalue weighted by Crippen LogP contribution is 2.41. The molecule has 4 rings (SSSR count). The van der Waals surface area contributed by atoms with Crippen LogP contribution in [-0.4, -0.2) is 63.9 Å². The van der Waals surface area contributed by atoms with Gasteiger partial charge in [-0.1, -0.05) is 12.1 Å². The molecule has 1 aliphatic heterocycles. The van der Waals surface area contributed by atoms with Gasteiger partial charge in [0.1, 0.15) is 17.1 Å². The van der Waals surface area contributed by atoms with E-state index >= 15 is 0 Å². The number of morpholine rings is 1. The van der Waals surface area contributed by atoms with Crippen LogP contribution in [0, 0.1) is 6.92 Å². The minimum Gasteiger partial charge on any atom is -0.497 e. The molecule has 1 fully saturated rings. The second-order valence-corrected chi connectivity index (χ2v) is 8.64. The molecule has 1 aromatic heterocycles. The average molecular weight is 479 g/mol. The van der Waals surface area contributed by atoms with Crippen LogP contribution < -0.4 is 14.8 Å². The van der Waals surface area contributed by atoms with Crippen LogP contribution in [-0.2, 0) is 9.53 Å². The molecule has 0 aliphatic carbocycles. The number of benzene rings is 2. The summed E-state index contributed by atoms with van der Waals surface area (Å²) in [5.74, 6) is 1.43. The number of rotatable bonds is 9. The van der Waals surface area contributed by atoms with Crippen molar-refractivity contribution in [2.45, 2.75) is 20.8 Å². The van der Waals surface area contributed by atoms with E-state index in [0.717, 1.165) is 83.1 Å². The van der Waals surface area contributed by atoms with Crippen LogP contribution in [0.3, 0.4) is 0 Å². The normalized spacial score (nSPS) is 14.8. The van der Waals surface area contributed by atoms with Crippen molar-refractivity contribution >= 4 is 22.4 Å². The molecule has 2 aromatic carbocycles. The van der Waals surface area contributed by atoms with Gasteiger partial charge in [-0.15, -0.1) is 0 Å². The fourth-order valence-corrected chi connectivity index (χ4v) is 4.42. The van der Waals surface area contributed by atoms with E-state index in [1.807, 2.05) is 45.0 Å². The van der Waals surface area contributed by atoms with Gasteiger partial charge >= 0.3 is 0 Å². The number of nitrogens with one attached hydrogen (secondary N) is 1. The molecule has 186 valence electrons. The Kier molecular flexibility index (Phi) is 8.10. The molecule has 7 nitrogen and oxygen atoms in total. The van der Waals surface area contributed by atoms with Gasteiger partial charge in [0.2, 0.25) is 5.91 Å². The zero-order valence-electron chi connectivity index (χ0n) is 21.0. The number of carbonyl (C=O) groups excluding carboxylic acids is 1. The first-order valence-electron chi connectivity index (χ1n) is 12.1. The molecule has 3 aromatic rings. The largest absolute Gasteiger partial charge is 0.497 e. The monoisotopic (exact) mass is 478 g/mol. The third-order valence-corrected chi connectivity index (χ3v) is 6.34. The molecular weight excluding hydrogens is 444 g/mol. The molecule has 2 heterocycles. The van der Waals surface area contributed by atoms with Crippen molar-refractivity contribution in [1.82, 2.24) is 10.2 Å². The molecule has 1 N–H and O–H groups in total. The molecule has 0 spiro atoms. The summed E-state index contributed by atoms with van der Waals surface area (Å²) in [6, 6.07) is 9.95. The first-order chi connectivity index (χ1) is 17.0. The summed E-state index contributed by atoms with van der Waals surface area (Å²) in [4.78, 5) is 15.0. The lowest BCUT2D eigenvalue weighted by Crippen LogP contribution is -2.41. The maximum atomic E-state index is 12.7. The first kappa shape index (κ1) is 24.8. The zero-order chi connectivity index (χ0) is 24.8. The molecule has 0 unspecified atom stereocenters. The number of allylic oxidation sites excluding steroid dienone is 1. The Morgan fingerprint density at radius 1 is 1.20 bits per heavy atom. The SMILES string of the molecule is CCOc1c(/C(C)=C/C(=O)NCCN2CCOCC2)cc2c(-c3ccc(OC)cc3)coc2c1C. The van der Waals surface area contributed by atoms with Crippen LogP contribution in [0.2, 0.25) is 0 Å². The molecule has 0 radical (unpaired) electrons. The van der Waals surface area contributed by atoms with Crippen molar-refractivity contribution in [3.05, 3.63) is 53.8 Å². The van der Waals surface area contributed by atoms with E-state index in [4.69, 9.17) is 18.6 Å². The molecule has 0 bridgehead atoms. The summed E-state index contributed by atoms with van der Waals surface area (Å²) < 4.78 is 22.7. The van der Waals surface area contributed by atoms with Crippen LogP contribution in [0.15, 0.2) is 47.1 Å². The number of methoxy groups -OCH3 is 1.